The van der Waals surface area contributed by atoms with Gasteiger partial charge in [0.05, 0.1) is 16.3 Å². The van der Waals surface area contributed by atoms with Crippen LogP contribution in [0.2, 0.25) is 10.0 Å². The minimum absolute atomic E-state index is 0.221. The predicted octanol–water partition coefficient (Wildman–Crippen LogP) is 5.13. The van der Waals surface area contributed by atoms with Crippen molar-refractivity contribution in [3.63, 3.8) is 0 Å². The van der Waals surface area contributed by atoms with Gasteiger partial charge in [-0.05, 0) is 49.4 Å². The van der Waals surface area contributed by atoms with Crippen LogP contribution in [0, 0.1) is 0 Å². The van der Waals surface area contributed by atoms with Gasteiger partial charge >= 0.3 is 6.03 Å². The van der Waals surface area contributed by atoms with E-state index >= 15 is 0 Å². The Bertz CT molecular complexity index is 949. The van der Waals surface area contributed by atoms with Crippen LogP contribution in [-0.4, -0.2) is 10.6 Å². The minimum atomic E-state index is -0.357. The fraction of sp³-hybridized carbons (Fsp3) is 0.111. The Kier molecular flexibility index (Phi) is 5.26. The summed E-state index contributed by atoms with van der Waals surface area (Å²) >= 11 is 11.9. The van der Waals surface area contributed by atoms with E-state index in [-0.39, 0.29) is 12.1 Å². The molecule has 3 aromatic rings. The number of nitrogens with zero attached hydrogens (tertiary/aromatic N) is 2. The zero-order valence-electron chi connectivity index (χ0n) is 13.3. The molecule has 0 bridgehead atoms. The van der Waals surface area contributed by atoms with Crippen molar-refractivity contribution in [2.24, 2.45) is 4.99 Å². The van der Waals surface area contributed by atoms with E-state index in [0.717, 1.165) is 5.76 Å². The molecule has 128 valence electrons. The molecule has 7 heteroatoms. The summed E-state index contributed by atoms with van der Waals surface area (Å²) in [6, 6.07) is 13.3. The van der Waals surface area contributed by atoms with Crippen LogP contribution >= 0.6 is 23.2 Å². The van der Waals surface area contributed by atoms with Crippen LogP contribution < -0.4 is 10.8 Å². The lowest BCUT2D eigenvalue weighted by Gasteiger charge is -2.10. The highest BCUT2D eigenvalue weighted by Crippen LogP contribution is 2.25. The molecule has 0 aliphatic rings. The first kappa shape index (κ1) is 17.3. The lowest BCUT2D eigenvalue weighted by molar-refractivity contribution is 0.252. The first-order valence-corrected chi connectivity index (χ1v) is 8.31. The maximum Gasteiger partial charge on any atom is 0.331 e. The number of rotatable bonds is 3. The zero-order chi connectivity index (χ0) is 17.8. The molecule has 0 unspecified atom stereocenters. The van der Waals surface area contributed by atoms with Gasteiger partial charge in [-0.3, -0.25) is 9.56 Å². The highest BCUT2D eigenvalue weighted by atomic mass is 35.5. The molecule has 1 atom stereocenters. The number of pyridine rings is 1. The van der Waals surface area contributed by atoms with Gasteiger partial charge in [0, 0.05) is 11.9 Å². The van der Waals surface area contributed by atoms with E-state index in [4.69, 9.17) is 27.6 Å². The van der Waals surface area contributed by atoms with Crippen molar-refractivity contribution in [1.29, 1.82) is 0 Å². The van der Waals surface area contributed by atoms with Gasteiger partial charge in [0.1, 0.15) is 17.3 Å². The molecule has 5 nitrogen and oxygen atoms in total. The van der Waals surface area contributed by atoms with Crippen molar-refractivity contribution in [2.75, 3.05) is 5.32 Å². The molecule has 25 heavy (non-hydrogen) atoms. The lowest BCUT2D eigenvalue weighted by atomic mass is 10.3. The van der Waals surface area contributed by atoms with Crippen molar-refractivity contribution >= 4 is 34.9 Å². The molecule has 1 aromatic carbocycles. The number of hydrogen-bond acceptors (Lipinski definition) is 3. The number of nitrogens with one attached hydrogen (secondary N) is 1. The maximum atomic E-state index is 12.6. The number of benzene rings is 1. The summed E-state index contributed by atoms with van der Waals surface area (Å²) in [4.78, 5) is 17.1. The number of hydrogen-bond donors (Lipinski definition) is 1. The molecule has 3 rings (SSSR count). The van der Waals surface area contributed by atoms with Crippen molar-refractivity contribution in [3.8, 4) is 0 Å². The van der Waals surface area contributed by atoms with Crippen molar-refractivity contribution in [2.45, 2.75) is 13.0 Å². The molecule has 0 spiro atoms. The molecule has 2 aromatic heterocycles. The van der Waals surface area contributed by atoms with Crippen LogP contribution in [0.3, 0.4) is 0 Å². The number of aromatic nitrogens is 1. The van der Waals surface area contributed by atoms with Crippen LogP contribution in [0.5, 0.6) is 0 Å². The van der Waals surface area contributed by atoms with Gasteiger partial charge in [-0.15, -0.1) is 0 Å². The van der Waals surface area contributed by atoms with Crippen LogP contribution in [-0.2, 0) is 0 Å². The molecule has 0 fully saturated rings. The molecule has 0 aliphatic heterocycles. The van der Waals surface area contributed by atoms with Crippen LogP contribution in [0.4, 0.5) is 10.5 Å². The monoisotopic (exact) mass is 375 g/mol. The molecule has 0 radical (unpaired) electrons. The summed E-state index contributed by atoms with van der Waals surface area (Å²) in [5.41, 5.74) is 1.05. The van der Waals surface area contributed by atoms with Gasteiger partial charge in [-0.2, -0.15) is 0 Å². The van der Waals surface area contributed by atoms with E-state index in [1.165, 1.54) is 4.57 Å². The SMILES string of the molecule is C[C@H](N=c1ccccn1C(=O)Nc1ccc(Cl)c(Cl)c1)c1ccco1. The molecule has 0 aliphatic carbocycles. The summed E-state index contributed by atoms with van der Waals surface area (Å²) in [7, 11) is 0. The normalized spacial score (nSPS) is 12.8. The first-order chi connectivity index (χ1) is 12.0. The standard InChI is InChI=1S/C18H15Cl2N3O2/c1-12(16-5-4-10-25-16)21-17-6-2-3-9-23(17)18(24)22-13-7-8-14(19)15(20)11-13/h2-12H,1H3,(H,22,24)/t12-/m0/s1. The third kappa shape index (κ3) is 4.13. The summed E-state index contributed by atoms with van der Waals surface area (Å²) in [6.07, 6.45) is 3.23. The van der Waals surface area contributed by atoms with Crippen molar-refractivity contribution < 1.29 is 9.21 Å². The number of furan rings is 1. The van der Waals surface area contributed by atoms with E-state index in [2.05, 4.69) is 10.3 Å². The van der Waals surface area contributed by atoms with Gasteiger partial charge in [0.25, 0.3) is 0 Å². The Balaban J connectivity index is 1.89. The van der Waals surface area contributed by atoms with E-state index in [9.17, 15) is 4.79 Å². The second-order valence-electron chi connectivity index (χ2n) is 5.31. The van der Waals surface area contributed by atoms with E-state index in [1.807, 2.05) is 19.1 Å². The number of anilines is 1. The molecular formula is C18H15Cl2N3O2. The second-order valence-corrected chi connectivity index (χ2v) is 6.12. The van der Waals surface area contributed by atoms with Gasteiger partial charge in [-0.25, -0.2) is 4.79 Å². The first-order valence-electron chi connectivity index (χ1n) is 7.56. The third-order valence-corrected chi connectivity index (χ3v) is 4.25. The molecule has 1 amide bonds. The van der Waals surface area contributed by atoms with Gasteiger partial charge in [0.2, 0.25) is 0 Å². The van der Waals surface area contributed by atoms with Crippen molar-refractivity contribution in [3.05, 3.63) is 82.3 Å². The Morgan fingerprint density at radius 3 is 2.72 bits per heavy atom. The van der Waals surface area contributed by atoms with Gasteiger partial charge in [-0.1, -0.05) is 29.3 Å². The van der Waals surface area contributed by atoms with E-state index in [0.29, 0.717) is 21.2 Å². The van der Waals surface area contributed by atoms with E-state index < -0.39 is 0 Å². The summed E-state index contributed by atoms with van der Waals surface area (Å²) in [5, 5.41) is 3.57. The quantitative estimate of drug-likeness (QED) is 0.689. The van der Waals surface area contributed by atoms with E-state index in [1.54, 1.807) is 48.9 Å². The van der Waals surface area contributed by atoms with Crippen molar-refractivity contribution in [1.82, 2.24) is 4.57 Å². The second kappa shape index (κ2) is 7.59. The topological polar surface area (TPSA) is 59.5 Å². The van der Waals surface area contributed by atoms with Crippen LogP contribution in [0.25, 0.3) is 0 Å². The smallest absolute Gasteiger partial charge is 0.331 e. The van der Waals surface area contributed by atoms with Gasteiger partial charge < -0.3 is 9.73 Å². The van der Waals surface area contributed by atoms with Crippen LogP contribution in [0.15, 0.2) is 70.4 Å². The average Bonchev–Trinajstić information content (AvgIpc) is 3.13. The predicted molar refractivity (Wildman–Crippen MR) is 98.0 cm³/mol. The fourth-order valence-electron chi connectivity index (χ4n) is 2.26. The molecule has 0 saturated carbocycles. The molecule has 1 N–H and O–H groups in total. The summed E-state index contributed by atoms with van der Waals surface area (Å²) in [6.45, 7) is 1.90. The number of carbonyl (C=O) groups excluding carboxylic acids is 1. The maximum absolute atomic E-state index is 12.6. The fourth-order valence-corrected chi connectivity index (χ4v) is 2.56. The van der Waals surface area contributed by atoms with Crippen LogP contribution in [0.1, 0.15) is 18.7 Å². The Hall–Kier alpha value is -2.50. The zero-order valence-corrected chi connectivity index (χ0v) is 14.8. The highest BCUT2D eigenvalue weighted by Gasteiger charge is 2.10. The third-order valence-electron chi connectivity index (χ3n) is 3.51. The average molecular weight is 376 g/mol. The lowest BCUT2D eigenvalue weighted by Crippen LogP contribution is -2.31. The summed E-state index contributed by atoms with van der Waals surface area (Å²) in [5.74, 6) is 0.722. The Labute approximate surface area is 154 Å². The number of halogens is 2. The largest absolute Gasteiger partial charge is 0.467 e. The number of carbonyl (C=O) groups is 1. The molecule has 2 heterocycles. The van der Waals surface area contributed by atoms with Gasteiger partial charge in [0.15, 0.2) is 0 Å². The minimum Gasteiger partial charge on any atom is -0.467 e. The molecule has 0 saturated heterocycles. The number of amides is 1. The Morgan fingerprint density at radius 1 is 1.16 bits per heavy atom. The Morgan fingerprint density at radius 2 is 2.00 bits per heavy atom. The molecular weight excluding hydrogens is 361 g/mol. The summed E-state index contributed by atoms with van der Waals surface area (Å²) < 4.78 is 6.78. The highest BCUT2D eigenvalue weighted by molar-refractivity contribution is 6.42.